The van der Waals surface area contributed by atoms with E-state index in [0.717, 1.165) is 47.3 Å². The first-order valence-corrected chi connectivity index (χ1v) is 11.9. The summed E-state index contributed by atoms with van der Waals surface area (Å²) in [4.78, 5) is 19.5. The first-order chi connectivity index (χ1) is 16.1. The topological polar surface area (TPSA) is 45.2 Å². The number of rotatable bonds is 5. The van der Waals surface area contributed by atoms with E-state index in [1.807, 2.05) is 29.8 Å². The van der Waals surface area contributed by atoms with Crippen LogP contribution in [0.4, 0.5) is 8.78 Å². The molecule has 168 valence electrons. The Labute approximate surface area is 194 Å². The Bertz CT molecular complexity index is 1280. The van der Waals surface area contributed by atoms with E-state index < -0.39 is 5.82 Å². The third kappa shape index (κ3) is 4.65. The first-order valence-electron chi connectivity index (χ1n) is 11.0. The van der Waals surface area contributed by atoms with Gasteiger partial charge < -0.3 is 10.2 Å². The number of nitrogens with zero attached hydrogens (tertiary/aromatic N) is 2. The van der Waals surface area contributed by atoms with Gasteiger partial charge in [0.1, 0.15) is 11.6 Å². The highest BCUT2D eigenvalue weighted by Gasteiger charge is 2.27. The second-order valence-electron chi connectivity index (χ2n) is 8.26. The number of hydrogen-bond acceptors (Lipinski definition) is 4. The lowest BCUT2D eigenvalue weighted by molar-refractivity contribution is 0.0621. The van der Waals surface area contributed by atoms with Crippen LogP contribution in [0.15, 0.2) is 66.2 Å². The summed E-state index contributed by atoms with van der Waals surface area (Å²) in [7, 11) is 0. The minimum atomic E-state index is -0.393. The summed E-state index contributed by atoms with van der Waals surface area (Å²) in [6.45, 7) is 1.75. The molecule has 0 spiro atoms. The van der Waals surface area contributed by atoms with Gasteiger partial charge in [0.25, 0.3) is 5.91 Å². The number of fused-ring (bicyclic) bond motifs is 1. The number of carbonyl (C=O) groups is 1. The zero-order valence-electron chi connectivity index (χ0n) is 17.9. The largest absolute Gasteiger partial charge is 0.331 e. The van der Waals surface area contributed by atoms with Crippen molar-refractivity contribution in [2.75, 3.05) is 13.1 Å². The van der Waals surface area contributed by atoms with Gasteiger partial charge in [-0.3, -0.25) is 4.79 Å². The molecule has 1 aromatic heterocycles. The summed E-state index contributed by atoms with van der Waals surface area (Å²) in [5.74, 6) is -0.953. The molecule has 1 amide bonds. The molecule has 1 aliphatic rings. The summed E-state index contributed by atoms with van der Waals surface area (Å²) in [6, 6.07) is 16.6. The Morgan fingerprint density at radius 3 is 2.52 bits per heavy atom. The van der Waals surface area contributed by atoms with Crippen molar-refractivity contribution in [2.24, 2.45) is 0 Å². The van der Waals surface area contributed by atoms with E-state index in [4.69, 9.17) is 0 Å². The third-order valence-corrected chi connectivity index (χ3v) is 6.96. The molecule has 7 heteroatoms. The monoisotopic (exact) mass is 463 g/mol. The maximum atomic E-state index is 14.9. The summed E-state index contributed by atoms with van der Waals surface area (Å²) < 4.78 is 29.4. The van der Waals surface area contributed by atoms with Gasteiger partial charge in [0.15, 0.2) is 0 Å². The Morgan fingerprint density at radius 1 is 1.00 bits per heavy atom. The van der Waals surface area contributed by atoms with Crippen molar-refractivity contribution in [3.05, 3.63) is 88.9 Å². The number of carbonyl (C=O) groups excluding carboxylic acids is 1. The predicted molar refractivity (Wildman–Crippen MR) is 127 cm³/mol. The number of nitrogens with one attached hydrogen (secondary N) is 1. The average molecular weight is 464 g/mol. The highest BCUT2D eigenvalue weighted by atomic mass is 32.1. The fourth-order valence-electron chi connectivity index (χ4n) is 4.34. The molecule has 33 heavy (non-hydrogen) atoms. The molecular formula is C26H23F2N3OS. The van der Waals surface area contributed by atoms with Crippen LogP contribution in [0, 0.1) is 11.6 Å². The molecular weight excluding hydrogens is 440 g/mol. The number of benzene rings is 3. The summed E-state index contributed by atoms with van der Waals surface area (Å²) >= 11 is 1.58. The van der Waals surface area contributed by atoms with Crippen molar-refractivity contribution in [1.82, 2.24) is 15.2 Å². The third-order valence-electron chi connectivity index (χ3n) is 6.15. The first kappa shape index (κ1) is 21.7. The van der Waals surface area contributed by atoms with Gasteiger partial charge in [0, 0.05) is 23.7 Å². The van der Waals surface area contributed by atoms with E-state index in [-0.39, 0.29) is 24.3 Å². The smallest absolute Gasteiger partial charge is 0.254 e. The second-order valence-corrected chi connectivity index (χ2v) is 9.15. The normalized spacial score (nSPS) is 14.5. The minimum Gasteiger partial charge on any atom is -0.331 e. The molecule has 4 aromatic rings. The summed E-state index contributed by atoms with van der Waals surface area (Å²) in [5, 5.41) is 3.31. The standard InChI is InChI=1S/C26H23F2N3OS/c27-21-5-1-17(2-6-21)26(32)31(22-9-11-29-12-10-22)15-20-13-18(3-7-23(20)28)19-4-8-25-24(14-19)30-16-33-25/h1-8,13-14,16,22,29H,9-12,15H2. The van der Waals surface area contributed by atoms with Crippen molar-refractivity contribution in [2.45, 2.75) is 25.4 Å². The lowest BCUT2D eigenvalue weighted by Crippen LogP contribution is -2.45. The minimum absolute atomic E-state index is 0.0155. The fraction of sp³-hybridized carbons (Fsp3) is 0.231. The molecule has 0 saturated carbocycles. The highest BCUT2D eigenvalue weighted by molar-refractivity contribution is 7.16. The molecule has 4 nitrogen and oxygen atoms in total. The van der Waals surface area contributed by atoms with Crippen LogP contribution in [-0.4, -0.2) is 34.9 Å². The van der Waals surface area contributed by atoms with E-state index in [1.54, 1.807) is 22.3 Å². The van der Waals surface area contributed by atoms with Gasteiger partial charge in [-0.2, -0.15) is 0 Å². The van der Waals surface area contributed by atoms with Crippen LogP contribution in [0.1, 0.15) is 28.8 Å². The van der Waals surface area contributed by atoms with Crippen LogP contribution in [0.3, 0.4) is 0 Å². The van der Waals surface area contributed by atoms with Gasteiger partial charge >= 0.3 is 0 Å². The second kappa shape index (κ2) is 9.37. The van der Waals surface area contributed by atoms with Crippen molar-refractivity contribution in [3.8, 4) is 11.1 Å². The van der Waals surface area contributed by atoms with E-state index in [2.05, 4.69) is 10.3 Å². The predicted octanol–water partition coefficient (Wildman–Crippen LogP) is 5.64. The average Bonchev–Trinajstić information content (AvgIpc) is 3.32. The van der Waals surface area contributed by atoms with E-state index in [1.165, 1.54) is 30.3 Å². The van der Waals surface area contributed by atoms with Crippen molar-refractivity contribution < 1.29 is 13.6 Å². The van der Waals surface area contributed by atoms with Gasteiger partial charge in [0.2, 0.25) is 0 Å². The van der Waals surface area contributed by atoms with Crippen LogP contribution in [0.25, 0.3) is 21.3 Å². The van der Waals surface area contributed by atoms with Crippen LogP contribution in [-0.2, 0) is 6.54 Å². The van der Waals surface area contributed by atoms with Gasteiger partial charge in [-0.25, -0.2) is 13.8 Å². The molecule has 0 bridgehead atoms. The lowest BCUT2D eigenvalue weighted by Gasteiger charge is -2.35. The van der Waals surface area contributed by atoms with Gasteiger partial charge in [-0.15, -0.1) is 11.3 Å². The van der Waals surface area contributed by atoms with Crippen LogP contribution in [0.2, 0.25) is 0 Å². The fourth-order valence-corrected chi connectivity index (χ4v) is 5.00. The molecule has 1 N–H and O–H groups in total. The molecule has 0 unspecified atom stereocenters. The van der Waals surface area contributed by atoms with E-state index in [9.17, 15) is 13.6 Å². The zero-order valence-corrected chi connectivity index (χ0v) is 18.7. The molecule has 0 atom stereocenters. The SMILES string of the molecule is O=C(c1ccc(F)cc1)N(Cc1cc(-c2ccc3scnc3c2)ccc1F)C1CCNCC1. The van der Waals surface area contributed by atoms with E-state index >= 15 is 0 Å². The Balaban J connectivity index is 1.48. The van der Waals surface area contributed by atoms with Crippen molar-refractivity contribution in [3.63, 3.8) is 0 Å². The maximum Gasteiger partial charge on any atom is 0.254 e. The molecule has 0 radical (unpaired) electrons. The van der Waals surface area contributed by atoms with Crippen LogP contribution in [0.5, 0.6) is 0 Å². The summed E-state index contributed by atoms with van der Waals surface area (Å²) in [5.41, 5.74) is 5.41. The number of halogens is 2. The highest BCUT2D eigenvalue weighted by Crippen LogP contribution is 2.29. The number of hydrogen-bond donors (Lipinski definition) is 1. The van der Waals surface area contributed by atoms with Crippen molar-refractivity contribution >= 4 is 27.5 Å². The number of amides is 1. The van der Waals surface area contributed by atoms with Crippen molar-refractivity contribution in [1.29, 1.82) is 0 Å². The molecule has 3 aromatic carbocycles. The van der Waals surface area contributed by atoms with Gasteiger partial charge in [0.05, 0.1) is 15.7 Å². The Hall–Kier alpha value is -3.16. The van der Waals surface area contributed by atoms with Crippen LogP contribution >= 0.6 is 11.3 Å². The summed E-state index contributed by atoms with van der Waals surface area (Å²) in [6.07, 6.45) is 1.57. The Morgan fingerprint density at radius 2 is 1.73 bits per heavy atom. The van der Waals surface area contributed by atoms with Gasteiger partial charge in [-0.05, 0) is 85.6 Å². The van der Waals surface area contributed by atoms with Crippen LogP contribution < -0.4 is 5.32 Å². The maximum absolute atomic E-state index is 14.9. The number of thiazole rings is 1. The molecule has 0 aliphatic carbocycles. The van der Waals surface area contributed by atoms with Gasteiger partial charge in [-0.1, -0.05) is 12.1 Å². The lowest BCUT2D eigenvalue weighted by atomic mass is 9.99. The molecule has 1 fully saturated rings. The zero-order chi connectivity index (χ0) is 22.8. The number of piperidine rings is 1. The quantitative estimate of drug-likeness (QED) is 0.417. The van der Waals surface area contributed by atoms with E-state index in [0.29, 0.717) is 11.1 Å². The molecule has 1 aliphatic heterocycles. The molecule has 5 rings (SSSR count). The Kier molecular flexibility index (Phi) is 6.15. The molecule has 1 saturated heterocycles. The number of aromatic nitrogens is 1. The molecule has 2 heterocycles.